The Hall–Kier alpha value is -1.53. The topological polar surface area (TPSA) is 43.1 Å². The molecular formula is C9H6ClNO2. The SMILES string of the molecule is CC#Cc1ccc(Cl)cc1[N+](=O)[O-]. The van der Waals surface area contributed by atoms with Crippen LogP contribution in [0, 0.1) is 22.0 Å². The first-order valence-corrected chi connectivity index (χ1v) is 3.89. The van der Waals surface area contributed by atoms with Gasteiger partial charge in [-0.25, -0.2) is 0 Å². The van der Waals surface area contributed by atoms with Crippen LogP contribution in [0.1, 0.15) is 12.5 Å². The fourth-order valence-corrected chi connectivity index (χ4v) is 1.06. The fraction of sp³-hybridized carbons (Fsp3) is 0.111. The van der Waals surface area contributed by atoms with Crippen LogP contribution in [0.3, 0.4) is 0 Å². The Morgan fingerprint density at radius 2 is 2.23 bits per heavy atom. The molecule has 13 heavy (non-hydrogen) atoms. The van der Waals surface area contributed by atoms with Crippen LogP contribution < -0.4 is 0 Å². The molecule has 0 bridgehead atoms. The van der Waals surface area contributed by atoms with Gasteiger partial charge >= 0.3 is 0 Å². The lowest BCUT2D eigenvalue weighted by molar-refractivity contribution is -0.385. The van der Waals surface area contributed by atoms with Crippen LogP contribution >= 0.6 is 11.6 Å². The lowest BCUT2D eigenvalue weighted by atomic mass is 10.2. The minimum absolute atomic E-state index is 0.0538. The second-order valence-electron chi connectivity index (χ2n) is 2.29. The van der Waals surface area contributed by atoms with Gasteiger partial charge < -0.3 is 0 Å². The lowest BCUT2D eigenvalue weighted by Gasteiger charge is -1.95. The maximum Gasteiger partial charge on any atom is 0.286 e. The van der Waals surface area contributed by atoms with Crippen molar-refractivity contribution in [3.63, 3.8) is 0 Å². The van der Waals surface area contributed by atoms with E-state index in [-0.39, 0.29) is 5.69 Å². The average molecular weight is 196 g/mol. The standard InChI is InChI=1S/C9H6ClNO2/c1-2-3-7-4-5-8(10)6-9(7)11(12)13/h4-6H,1H3. The molecule has 0 amide bonds. The van der Waals surface area contributed by atoms with Gasteiger partial charge in [-0.15, -0.1) is 5.92 Å². The van der Waals surface area contributed by atoms with Gasteiger partial charge in [-0.3, -0.25) is 10.1 Å². The minimum atomic E-state index is -0.494. The summed E-state index contributed by atoms with van der Waals surface area (Å²) in [5, 5.41) is 10.9. The Bertz CT molecular complexity index is 404. The van der Waals surface area contributed by atoms with Crippen LogP contribution in [0.5, 0.6) is 0 Å². The third-order valence-corrected chi connectivity index (χ3v) is 1.65. The molecular weight excluding hydrogens is 190 g/mol. The van der Waals surface area contributed by atoms with Gasteiger partial charge in [0.2, 0.25) is 0 Å². The third kappa shape index (κ3) is 2.20. The van der Waals surface area contributed by atoms with Crippen LogP contribution in [0.15, 0.2) is 18.2 Å². The van der Waals surface area contributed by atoms with Gasteiger partial charge in [-0.2, -0.15) is 0 Å². The fourth-order valence-electron chi connectivity index (χ4n) is 0.896. The second-order valence-corrected chi connectivity index (χ2v) is 2.73. The molecule has 4 heteroatoms. The van der Waals surface area contributed by atoms with E-state index < -0.39 is 4.92 Å². The van der Waals surface area contributed by atoms with E-state index >= 15 is 0 Å². The molecule has 66 valence electrons. The molecule has 0 fully saturated rings. The monoisotopic (exact) mass is 195 g/mol. The predicted octanol–water partition coefficient (Wildman–Crippen LogP) is 2.62. The molecule has 0 atom stereocenters. The number of hydrogen-bond donors (Lipinski definition) is 0. The molecule has 0 saturated carbocycles. The van der Waals surface area contributed by atoms with Gasteiger partial charge in [0.25, 0.3) is 5.69 Å². The molecule has 3 nitrogen and oxygen atoms in total. The Morgan fingerprint density at radius 1 is 1.54 bits per heavy atom. The van der Waals surface area contributed by atoms with Crippen LogP contribution in [-0.4, -0.2) is 4.92 Å². The van der Waals surface area contributed by atoms with Crippen molar-refractivity contribution >= 4 is 17.3 Å². The van der Waals surface area contributed by atoms with Gasteiger partial charge in [0, 0.05) is 11.1 Å². The van der Waals surface area contributed by atoms with Crippen LogP contribution in [0.2, 0.25) is 5.02 Å². The first-order chi connectivity index (χ1) is 6.15. The van der Waals surface area contributed by atoms with Crippen molar-refractivity contribution in [3.8, 4) is 11.8 Å². The summed E-state index contributed by atoms with van der Waals surface area (Å²) in [6, 6.07) is 4.41. The molecule has 0 radical (unpaired) electrons. The van der Waals surface area contributed by atoms with E-state index in [9.17, 15) is 10.1 Å². The van der Waals surface area contributed by atoms with E-state index in [1.165, 1.54) is 12.1 Å². The first kappa shape index (κ1) is 9.56. The molecule has 0 heterocycles. The van der Waals surface area contributed by atoms with Crippen molar-refractivity contribution in [3.05, 3.63) is 38.9 Å². The van der Waals surface area contributed by atoms with E-state index in [2.05, 4.69) is 11.8 Å². The molecule has 0 aliphatic carbocycles. The number of nitro benzene ring substituents is 1. The molecule has 1 aromatic carbocycles. The van der Waals surface area contributed by atoms with E-state index in [4.69, 9.17) is 11.6 Å². The molecule has 1 rings (SSSR count). The Balaban J connectivity index is 3.32. The van der Waals surface area contributed by atoms with Crippen molar-refractivity contribution in [1.29, 1.82) is 0 Å². The van der Waals surface area contributed by atoms with E-state index in [1.54, 1.807) is 13.0 Å². The molecule has 0 N–H and O–H groups in total. The Labute approximate surface area is 80.5 Å². The van der Waals surface area contributed by atoms with E-state index in [0.717, 1.165) is 0 Å². The minimum Gasteiger partial charge on any atom is -0.258 e. The summed E-state index contributed by atoms with van der Waals surface area (Å²) in [7, 11) is 0. The molecule has 0 spiro atoms. The number of nitrogens with zero attached hydrogens (tertiary/aromatic N) is 1. The summed E-state index contributed by atoms with van der Waals surface area (Å²) in [4.78, 5) is 10.0. The molecule has 0 aliphatic heterocycles. The van der Waals surface area contributed by atoms with Gasteiger partial charge in [-0.05, 0) is 19.1 Å². The highest BCUT2D eigenvalue weighted by Crippen LogP contribution is 2.22. The van der Waals surface area contributed by atoms with Gasteiger partial charge in [0.1, 0.15) is 5.56 Å². The van der Waals surface area contributed by atoms with Crippen LogP contribution in [0.25, 0.3) is 0 Å². The van der Waals surface area contributed by atoms with Crippen molar-refractivity contribution in [2.75, 3.05) is 0 Å². The van der Waals surface area contributed by atoms with E-state index in [0.29, 0.717) is 10.6 Å². The molecule has 1 aromatic rings. The summed E-state index contributed by atoms with van der Waals surface area (Å²) in [5.74, 6) is 5.24. The summed E-state index contributed by atoms with van der Waals surface area (Å²) < 4.78 is 0. The second kappa shape index (κ2) is 3.92. The zero-order chi connectivity index (χ0) is 9.84. The number of halogens is 1. The molecule has 0 aliphatic rings. The van der Waals surface area contributed by atoms with E-state index in [1.807, 2.05) is 0 Å². The average Bonchev–Trinajstić information content (AvgIpc) is 2.08. The van der Waals surface area contributed by atoms with Gasteiger partial charge in [-0.1, -0.05) is 17.5 Å². The maximum atomic E-state index is 10.5. The van der Waals surface area contributed by atoms with Crippen molar-refractivity contribution in [2.45, 2.75) is 6.92 Å². The van der Waals surface area contributed by atoms with Gasteiger partial charge in [0.05, 0.1) is 4.92 Å². The maximum absolute atomic E-state index is 10.5. The van der Waals surface area contributed by atoms with Gasteiger partial charge in [0.15, 0.2) is 0 Å². The van der Waals surface area contributed by atoms with Crippen LogP contribution in [0.4, 0.5) is 5.69 Å². The highest BCUT2D eigenvalue weighted by atomic mass is 35.5. The van der Waals surface area contributed by atoms with Crippen molar-refractivity contribution < 1.29 is 4.92 Å². The number of nitro groups is 1. The molecule has 0 saturated heterocycles. The number of hydrogen-bond acceptors (Lipinski definition) is 2. The molecule has 0 unspecified atom stereocenters. The van der Waals surface area contributed by atoms with Crippen molar-refractivity contribution in [1.82, 2.24) is 0 Å². The highest BCUT2D eigenvalue weighted by Gasteiger charge is 2.11. The zero-order valence-electron chi connectivity index (χ0n) is 6.87. The molecule has 0 aromatic heterocycles. The van der Waals surface area contributed by atoms with Crippen molar-refractivity contribution in [2.24, 2.45) is 0 Å². The van der Waals surface area contributed by atoms with Crippen LogP contribution in [-0.2, 0) is 0 Å². The Morgan fingerprint density at radius 3 is 2.77 bits per heavy atom. The number of benzene rings is 1. The summed E-state index contributed by atoms with van der Waals surface area (Å²) in [5.41, 5.74) is 0.332. The normalized spacial score (nSPS) is 8.77. The Kier molecular flexibility index (Phi) is 2.88. The largest absolute Gasteiger partial charge is 0.286 e. The smallest absolute Gasteiger partial charge is 0.258 e. The first-order valence-electron chi connectivity index (χ1n) is 3.52. The number of rotatable bonds is 1. The lowest BCUT2D eigenvalue weighted by Crippen LogP contribution is -1.91. The summed E-state index contributed by atoms with van der Waals surface area (Å²) in [6.45, 7) is 1.62. The third-order valence-electron chi connectivity index (χ3n) is 1.42. The summed E-state index contributed by atoms with van der Waals surface area (Å²) in [6.07, 6.45) is 0. The predicted molar refractivity (Wildman–Crippen MR) is 50.7 cm³/mol. The highest BCUT2D eigenvalue weighted by molar-refractivity contribution is 6.30. The quantitative estimate of drug-likeness (QED) is 0.393. The summed E-state index contributed by atoms with van der Waals surface area (Å²) >= 11 is 5.61. The zero-order valence-corrected chi connectivity index (χ0v) is 7.63.